The number of hydrogen-bond acceptors (Lipinski definition) is 5. The minimum atomic E-state index is -0.217. The quantitative estimate of drug-likeness (QED) is 0.733. The predicted octanol–water partition coefficient (Wildman–Crippen LogP) is 1.30. The van der Waals surface area contributed by atoms with E-state index in [1.807, 2.05) is 61.4 Å². The summed E-state index contributed by atoms with van der Waals surface area (Å²) >= 11 is 0. The smallest absolute Gasteiger partial charge is 0.222 e. The standard InChI is InChI=1S/C22H23N5O2/c1-14-8-18(29-17-5-6-20(28)26(2)12-17)9-15-11-23-22(25-21(14)15)19-10-16-4-3-7-27(16)13-24-19/h3-4,7-11,13,17,22-23H,5-6,12H2,1-2H3. The van der Waals surface area contributed by atoms with Crippen molar-refractivity contribution in [3.63, 3.8) is 0 Å². The number of aromatic nitrogens is 2. The second-order valence-corrected chi connectivity index (χ2v) is 7.73. The lowest BCUT2D eigenvalue weighted by Crippen LogP contribution is -2.42. The molecule has 2 atom stereocenters. The van der Waals surface area contributed by atoms with Gasteiger partial charge in [0.15, 0.2) is 6.17 Å². The zero-order valence-corrected chi connectivity index (χ0v) is 16.5. The first-order chi connectivity index (χ1) is 14.1. The van der Waals surface area contributed by atoms with Gasteiger partial charge in [-0.05, 0) is 49.2 Å². The molecule has 2 aromatic heterocycles. The van der Waals surface area contributed by atoms with Gasteiger partial charge >= 0.3 is 0 Å². The zero-order valence-electron chi connectivity index (χ0n) is 16.5. The molecule has 1 amide bonds. The number of likely N-dealkylation sites (N-methyl/N-ethyl adjacent to an activating group) is 1. The molecule has 0 bridgehead atoms. The third kappa shape index (κ3) is 3.33. The first-order valence-electron chi connectivity index (χ1n) is 9.85. The number of carbonyl (C=O) groups is 1. The number of aryl methyl sites for hydroxylation is 1. The number of amides is 1. The molecule has 0 aliphatic carbocycles. The molecular formula is C22H23N5O2. The van der Waals surface area contributed by atoms with Gasteiger partial charge in [-0.25, -0.2) is 4.98 Å². The summed E-state index contributed by atoms with van der Waals surface area (Å²) in [5.41, 5.74) is 3.03. The third-order valence-electron chi connectivity index (χ3n) is 5.56. The van der Waals surface area contributed by atoms with Gasteiger partial charge in [0.05, 0.1) is 23.9 Å². The Morgan fingerprint density at radius 3 is 3.03 bits per heavy atom. The fourth-order valence-electron chi connectivity index (χ4n) is 3.98. The van der Waals surface area contributed by atoms with Gasteiger partial charge in [0, 0.05) is 36.6 Å². The maximum Gasteiger partial charge on any atom is 0.222 e. The highest BCUT2D eigenvalue weighted by Gasteiger charge is 2.24. The van der Waals surface area contributed by atoms with Crippen molar-refractivity contribution < 1.29 is 9.53 Å². The number of piperidine rings is 1. The van der Waals surface area contributed by atoms with Crippen LogP contribution < -0.4 is 20.6 Å². The van der Waals surface area contributed by atoms with Crippen LogP contribution in [-0.4, -0.2) is 39.9 Å². The van der Waals surface area contributed by atoms with E-state index in [0.29, 0.717) is 13.0 Å². The van der Waals surface area contributed by atoms with Crippen LogP contribution in [0, 0.1) is 6.92 Å². The Bertz CT molecular complexity index is 1220. The lowest BCUT2D eigenvalue weighted by molar-refractivity contribution is -0.134. The highest BCUT2D eigenvalue weighted by Crippen LogP contribution is 2.19. The molecule has 7 nitrogen and oxygen atoms in total. The molecule has 5 rings (SSSR count). The van der Waals surface area contributed by atoms with Crippen molar-refractivity contribution in [1.82, 2.24) is 19.6 Å². The lowest BCUT2D eigenvalue weighted by atomic mass is 10.1. The summed E-state index contributed by atoms with van der Waals surface area (Å²) in [6, 6.07) is 10.1. The van der Waals surface area contributed by atoms with Crippen molar-refractivity contribution in [3.8, 4) is 5.75 Å². The molecule has 0 radical (unpaired) electrons. The number of likely N-dealkylation sites (tertiary alicyclic amines) is 1. The van der Waals surface area contributed by atoms with Crippen LogP contribution in [0.5, 0.6) is 5.75 Å². The van der Waals surface area contributed by atoms with E-state index in [4.69, 9.17) is 9.73 Å². The Morgan fingerprint density at radius 2 is 2.17 bits per heavy atom. The van der Waals surface area contributed by atoms with E-state index < -0.39 is 0 Å². The summed E-state index contributed by atoms with van der Waals surface area (Å²) in [6.07, 6.45) is 6.86. The molecule has 1 aromatic carbocycles. The van der Waals surface area contributed by atoms with E-state index in [9.17, 15) is 4.79 Å². The number of benzene rings is 1. The number of nitrogens with zero attached hydrogens (tertiary/aromatic N) is 4. The minimum absolute atomic E-state index is 0.0226. The average Bonchev–Trinajstić information content (AvgIpc) is 3.18. The molecular weight excluding hydrogens is 366 g/mol. The van der Waals surface area contributed by atoms with Crippen LogP contribution in [0.2, 0.25) is 0 Å². The van der Waals surface area contributed by atoms with E-state index in [1.54, 1.807) is 4.90 Å². The second-order valence-electron chi connectivity index (χ2n) is 7.73. The second kappa shape index (κ2) is 6.92. The Kier molecular flexibility index (Phi) is 4.23. The first-order valence-corrected chi connectivity index (χ1v) is 9.85. The largest absolute Gasteiger partial charge is 0.489 e. The lowest BCUT2D eigenvalue weighted by Gasteiger charge is -2.30. The van der Waals surface area contributed by atoms with Gasteiger partial charge in [-0.1, -0.05) is 0 Å². The summed E-state index contributed by atoms with van der Waals surface area (Å²) in [5, 5.41) is 5.30. The van der Waals surface area contributed by atoms with Crippen molar-refractivity contribution in [2.45, 2.75) is 32.0 Å². The molecule has 2 aliphatic heterocycles. The van der Waals surface area contributed by atoms with Gasteiger partial charge in [0.25, 0.3) is 0 Å². The van der Waals surface area contributed by atoms with Crippen molar-refractivity contribution in [2.75, 3.05) is 13.6 Å². The number of ether oxygens (including phenoxy) is 1. The Morgan fingerprint density at radius 1 is 1.28 bits per heavy atom. The fourth-order valence-corrected chi connectivity index (χ4v) is 3.98. The maximum atomic E-state index is 11.7. The number of nitrogens with one attached hydrogen (secondary N) is 1. The van der Waals surface area contributed by atoms with Gasteiger partial charge in [-0.3, -0.25) is 9.79 Å². The molecule has 1 saturated heterocycles. The van der Waals surface area contributed by atoms with Crippen molar-refractivity contribution in [3.05, 3.63) is 64.7 Å². The highest BCUT2D eigenvalue weighted by molar-refractivity contribution is 5.76. The summed E-state index contributed by atoms with van der Waals surface area (Å²) in [7, 11) is 1.83. The van der Waals surface area contributed by atoms with Gasteiger partial charge in [-0.15, -0.1) is 0 Å². The van der Waals surface area contributed by atoms with Crippen LogP contribution in [0.1, 0.15) is 30.3 Å². The van der Waals surface area contributed by atoms with Crippen LogP contribution in [-0.2, 0) is 4.79 Å². The van der Waals surface area contributed by atoms with E-state index in [2.05, 4.69) is 16.4 Å². The van der Waals surface area contributed by atoms with Crippen LogP contribution in [0.3, 0.4) is 0 Å². The summed E-state index contributed by atoms with van der Waals surface area (Å²) in [5.74, 6) is 0.995. The van der Waals surface area contributed by atoms with Crippen molar-refractivity contribution in [1.29, 1.82) is 0 Å². The van der Waals surface area contributed by atoms with Gasteiger partial charge in [-0.2, -0.15) is 0 Å². The maximum absolute atomic E-state index is 11.7. The molecule has 148 valence electrons. The van der Waals surface area contributed by atoms with Crippen molar-refractivity contribution in [2.24, 2.45) is 4.99 Å². The summed E-state index contributed by atoms with van der Waals surface area (Å²) in [6.45, 7) is 2.67. The first kappa shape index (κ1) is 17.7. The molecule has 3 aromatic rings. The summed E-state index contributed by atoms with van der Waals surface area (Å²) in [4.78, 5) is 22.9. The van der Waals surface area contributed by atoms with Crippen LogP contribution in [0.25, 0.3) is 11.7 Å². The Balaban J connectivity index is 1.42. The van der Waals surface area contributed by atoms with Crippen LogP contribution in [0.4, 0.5) is 0 Å². The normalized spacial score (nSPS) is 21.2. The zero-order chi connectivity index (χ0) is 20.0. The van der Waals surface area contributed by atoms with Crippen LogP contribution >= 0.6 is 0 Å². The fraction of sp³-hybridized carbons (Fsp3) is 0.318. The number of rotatable bonds is 3. The van der Waals surface area contributed by atoms with Crippen molar-refractivity contribution >= 4 is 17.6 Å². The topological polar surface area (TPSA) is 71.2 Å². The minimum Gasteiger partial charge on any atom is -0.489 e. The van der Waals surface area contributed by atoms with E-state index in [1.165, 1.54) is 0 Å². The van der Waals surface area contributed by atoms with Gasteiger partial charge in [0.1, 0.15) is 11.9 Å². The Labute approximate surface area is 168 Å². The molecule has 0 spiro atoms. The molecule has 2 unspecified atom stereocenters. The molecule has 1 fully saturated rings. The van der Waals surface area contributed by atoms with E-state index in [-0.39, 0.29) is 18.2 Å². The number of carbonyl (C=O) groups excluding carboxylic acids is 1. The van der Waals surface area contributed by atoms with Crippen LogP contribution in [0.15, 0.2) is 47.8 Å². The SMILES string of the molecule is Cc1cc(OC2CCC(=O)N(C)C2)cc2c1=NC(c1cc3cccn3cn1)NC=2. The molecule has 2 aliphatic rings. The molecule has 1 N–H and O–H groups in total. The highest BCUT2D eigenvalue weighted by atomic mass is 16.5. The third-order valence-corrected chi connectivity index (χ3v) is 5.56. The van der Waals surface area contributed by atoms with Gasteiger partial charge in [0.2, 0.25) is 5.91 Å². The predicted molar refractivity (Wildman–Crippen MR) is 109 cm³/mol. The average molecular weight is 389 g/mol. The molecule has 29 heavy (non-hydrogen) atoms. The number of hydrogen-bond donors (Lipinski definition) is 1. The monoisotopic (exact) mass is 389 g/mol. The number of fused-ring (bicyclic) bond motifs is 2. The Hall–Kier alpha value is -3.35. The van der Waals surface area contributed by atoms with E-state index >= 15 is 0 Å². The van der Waals surface area contributed by atoms with Gasteiger partial charge < -0.3 is 19.4 Å². The van der Waals surface area contributed by atoms with E-state index in [0.717, 1.165) is 39.5 Å². The molecule has 4 heterocycles. The molecule has 0 saturated carbocycles. The summed E-state index contributed by atoms with van der Waals surface area (Å²) < 4.78 is 8.15. The molecule has 7 heteroatoms.